The Morgan fingerprint density at radius 3 is 1.57 bits per heavy atom. The van der Waals surface area contributed by atoms with E-state index in [0.717, 1.165) is 6.42 Å². The molecule has 0 heteroatoms. The number of fused-ring (bicyclic) bond motifs is 6. The van der Waals surface area contributed by atoms with Gasteiger partial charge >= 0.3 is 0 Å². The normalized spacial score (nSPS) is 17.4. The summed E-state index contributed by atoms with van der Waals surface area (Å²) in [6.07, 6.45) is 19.4. The summed E-state index contributed by atoms with van der Waals surface area (Å²) < 4.78 is 0. The van der Waals surface area contributed by atoms with Gasteiger partial charge in [0.05, 0.1) is 0 Å². The Morgan fingerprint density at radius 1 is 0.388 bits per heavy atom. The molecule has 0 heterocycles. The predicted molar refractivity (Wildman–Crippen MR) is 287 cm³/mol. The summed E-state index contributed by atoms with van der Waals surface area (Å²) >= 11 is 0. The van der Waals surface area contributed by atoms with Crippen molar-refractivity contribution in [2.75, 3.05) is 0 Å². The van der Waals surface area contributed by atoms with Crippen molar-refractivity contribution in [3.8, 4) is 44.5 Å². The Labute approximate surface area is 392 Å². The van der Waals surface area contributed by atoms with Crippen LogP contribution in [0.2, 0.25) is 0 Å². The third-order valence-electron chi connectivity index (χ3n) is 14.9. The average Bonchev–Trinajstić information content (AvgIpc) is 3.39. The zero-order chi connectivity index (χ0) is 44.4. The fourth-order valence-corrected chi connectivity index (χ4v) is 11.5. The molecule has 10 aromatic rings. The van der Waals surface area contributed by atoms with Gasteiger partial charge in [-0.05, 0) is 170 Å². The van der Waals surface area contributed by atoms with Crippen LogP contribution in [0.4, 0.5) is 0 Å². The van der Waals surface area contributed by atoms with Gasteiger partial charge in [0.1, 0.15) is 0 Å². The number of hydrogen-bond acceptors (Lipinski definition) is 0. The molecule has 3 aliphatic carbocycles. The van der Waals surface area contributed by atoms with E-state index in [9.17, 15) is 0 Å². The van der Waals surface area contributed by atoms with Gasteiger partial charge in [-0.2, -0.15) is 0 Å². The van der Waals surface area contributed by atoms with Crippen LogP contribution >= 0.6 is 0 Å². The second kappa shape index (κ2) is 16.1. The highest BCUT2D eigenvalue weighted by atomic mass is 14.3. The molecule has 3 aliphatic rings. The highest BCUT2D eigenvalue weighted by Gasteiger charge is 2.26. The molecule has 3 unspecified atom stereocenters. The first kappa shape index (κ1) is 39.3. The molecule has 0 fully saturated rings. The molecule has 0 aromatic heterocycles. The molecule has 0 radical (unpaired) electrons. The Bertz CT molecular complexity index is 3750. The van der Waals surface area contributed by atoms with Crippen molar-refractivity contribution in [1.82, 2.24) is 0 Å². The van der Waals surface area contributed by atoms with Gasteiger partial charge in [-0.3, -0.25) is 0 Å². The molecule has 316 valence electrons. The maximum absolute atomic E-state index is 2.50. The summed E-state index contributed by atoms with van der Waals surface area (Å²) in [7, 11) is 0. The second-order valence-electron chi connectivity index (χ2n) is 18.8. The lowest BCUT2D eigenvalue weighted by Gasteiger charge is -2.28. The fraction of sp³-hybridized carbons (Fsp3) is 0.0746. The predicted octanol–water partition coefficient (Wildman–Crippen LogP) is 18.3. The Kier molecular flexibility index (Phi) is 9.46. The van der Waals surface area contributed by atoms with Crippen LogP contribution in [0.1, 0.15) is 47.4 Å². The van der Waals surface area contributed by atoms with E-state index in [-0.39, 0.29) is 5.92 Å². The van der Waals surface area contributed by atoms with Crippen LogP contribution in [0, 0.1) is 5.92 Å². The quantitative estimate of drug-likeness (QED) is 0.146. The molecule has 0 aliphatic heterocycles. The highest BCUT2D eigenvalue weighted by molar-refractivity contribution is 6.22. The first-order valence-corrected chi connectivity index (χ1v) is 23.9. The summed E-state index contributed by atoms with van der Waals surface area (Å²) in [4.78, 5) is 0. The van der Waals surface area contributed by atoms with Gasteiger partial charge in [-0.15, -0.1) is 0 Å². The van der Waals surface area contributed by atoms with Gasteiger partial charge in [0.15, 0.2) is 0 Å². The molecule has 0 amide bonds. The van der Waals surface area contributed by atoms with Crippen molar-refractivity contribution >= 4 is 54.7 Å². The van der Waals surface area contributed by atoms with Crippen LogP contribution in [-0.4, -0.2) is 0 Å². The van der Waals surface area contributed by atoms with Gasteiger partial charge in [0.25, 0.3) is 0 Å². The largest absolute Gasteiger partial charge is 0.0767 e. The lowest BCUT2D eigenvalue weighted by Crippen LogP contribution is -2.11. The number of benzene rings is 10. The second-order valence-corrected chi connectivity index (χ2v) is 18.8. The molecule has 0 saturated heterocycles. The zero-order valence-corrected chi connectivity index (χ0v) is 37.5. The van der Waals surface area contributed by atoms with Crippen LogP contribution < -0.4 is 0 Å². The lowest BCUT2D eigenvalue weighted by molar-refractivity contribution is 0.670. The summed E-state index contributed by atoms with van der Waals surface area (Å²) in [5, 5.41) is 10.1. The molecule has 0 spiro atoms. The third-order valence-corrected chi connectivity index (χ3v) is 14.9. The van der Waals surface area contributed by atoms with E-state index in [0.29, 0.717) is 11.8 Å². The lowest BCUT2D eigenvalue weighted by atomic mass is 9.75. The highest BCUT2D eigenvalue weighted by Crippen LogP contribution is 2.48. The average molecular weight is 853 g/mol. The van der Waals surface area contributed by atoms with Crippen molar-refractivity contribution in [2.45, 2.75) is 25.2 Å². The Balaban J connectivity index is 1.05. The smallest absolute Gasteiger partial charge is 0.00880 e. The van der Waals surface area contributed by atoms with Crippen molar-refractivity contribution in [3.05, 3.63) is 264 Å². The van der Waals surface area contributed by atoms with Crippen molar-refractivity contribution < 1.29 is 0 Å². The zero-order valence-electron chi connectivity index (χ0n) is 37.5. The van der Waals surface area contributed by atoms with Crippen molar-refractivity contribution in [3.63, 3.8) is 0 Å². The molecular weight excluding hydrogens is 805 g/mol. The van der Waals surface area contributed by atoms with E-state index in [1.165, 1.54) is 121 Å². The van der Waals surface area contributed by atoms with E-state index in [1.807, 2.05) is 0 Å². The van der Waals surface area contributed by atoms with E-state index in [2.05, 4.69) is 250 Å². The van der Waals surface area contributed by atoms with Gasteiger partial charge in [-0.1, -0.05) is 213 Å². The summed E-state index contributed by atoms with van der Waals surface area (Å²) in [5.74, 6) is 0.936. The van der Waals surface area contributed by atoms with Crippen LogP contribution in [0.15, 0.2) is 242 Å². The monoisotopic (exact) mass is 852 g/mol. The Hall–Kier alpha value is -8.06. The standard InChI is InChI=1S/C67H48/c1-43-60-21-9-8-17-47(60)32-33-61(43)57-38-56(53-31-28-46-16-4-7-20-50(46)36-53)41-59(42-57)67-64-24-12-10-22-62(64)66(63-23-11-13-25-65(63)67)58-39-54(51-29-26-44-14-2-5-18-48(44)34-51)37-55(40-58)52-30-27-45-15-3-6-19-49(45)35-52/h2-34,36-43,49,61H,35H2,1H3. The topological polar surface area (TPSA) is 0 Å². The molecule has 0 nitrogen and oxygen atoms in total. The van der Waals surface area contributed by atoms with Crippen LogP contribution in [0.5, 0.6) is 0 Å². The molecule has 3 atom stereocenters. The maximum Gasteiger partial charge on any atom is 0.00880 e. The first-order chi connectivity index (χ1) is 33.1. The summed E-state index contributed by atoms with van der Waals surface area (Å²) in [5.41, 5.74) is 18.1. The first-order valence-electron chi connectivity index (χ1n) is 23.9. The number of allylic oxidation sites excluding steroid dienone is 9. The Morgan fingerprint density at radius 2 is 0.910 bits per heavy atom. The molecule has 67 heavy (non-hydrogen) atoms. The minimum Gasteiger partial charge on any atom is -0.0767 e. The third kappa shape index (κ3) is 6.91. The van der Waals surface area contributed by atoms with Gasteiger partial charge in [0, 0.05) is 11.8 Å². The van der Waals surface area contributed by atoms with Gasteiger partial charge in [-0.25, -0.2) is 0 Å². The maximum atomic E-state index is 2.50. The molecular formula is C67H48. The molecule has 0 bridgehead atoms. The summed E-state index contributed by atoms with van der Waals surface area (Å²) in [6, 6.07) is 73.3. The van der Waals surface area contributed by atoms with Gasteiger partial charge < -0.3 is 0 Å². The van der Waals surface area contributed by atoms with Crippen molar-refractivity contribution in [2.24, 2.45) is 5.92 Å². The van der Waals surface area contributed by atoms with Crippen LogP contribution in [-0.2, 0) is 0 Å². The van der Waals surface area contributed by atoms with E-state index in [4.69, 9.17) is 0 Å². The number of hydrogen-bond donors (Lipinski definition) is 0. The minimum absolute atomic E-state index is 0.224. The minimum atomic E-state index is 0.224. The van der Waals surface area contributed by atoms with Crippen LogP contribution in [0.3, 0.4) is 0 Å². The van der Waals surface area contributed by atoms with Gasteiger partial charge in [0.2, 0.25) is 0 Å². The van der Waals surface area contributed by atoms with E-state index in [1.54, 1.807) is 0 Å². The SMILES string of the molecule is CC1c2ccccc2C=CC1c1cc(-c2ccc3ccccc3c2)cc(-c2c3ccccc3c(-c3cc(C4=CC=C5C=CC=CC5C4)cc(-c4ccc5ccccc5c4)c3)c3ccccc23)c1. The molecule has 0 N–H and O–H groups in total. The van der Waals surface area contributed by atoms with Crippen molar-refractivity contribution in [1.29, 1.82) is 0 Å². The van der Waals surface area contributed by atoms with E-state index < -0.39 is 0 Å². The van der Waals surface area contributed by atoms with E-state index >= 15 is 0 Å². The number of rotatable bonds is 6. The molecule has 0 saturated carbocycles. The molecule has 10 aromatic carbocycles. The van der Waals surface area contributed by atoms with Crippen LogP contribution in [0.25, 0.3) is 99.2 Å². The molecule has 13 rings (SSSR count). The summed E-state index contributed by atoms with van der Waals surface area (Å²) in [6.45, 7) is 2.40. The fourth-order valence-electron chi connectivity index (χ4n) is 11.5.